The molecular weight excluding hydrogens is 551 g/mol. The van der Waals surface area contributed by atoms with E-state index >= 15 is 0 Å². The van der Waals surface area contributed by atoms with Gasteiger partial charge in [-0.05, 0) is 67.1 Å². The molecule has 10 heteroatoms. The van der Waals surface area contributed by atoms with Crippen molar-refractivity contribution in [1.29, 1.82) is 0 Å². The molecule has 41 heavy (non-hydrogen) atoms. The van der Waals surface area contributed by atoms with Gasteiger partial charge in [-0.1, -0.05) is 18.2 Å². The van der Waals surface area contributed by atoms with E-state index in [1.807, 2.05) is 78.3 Å². The Morgan fingerprint density at radius 3 is 2.27 bits per heavy atom. The molecule has 0 aliphatic carbocycles. The monoisotopic (exact) mass is 573 g/mol. The van der Waals surface area contributed by atoms with Gasteiger partial charge in [-0.3, -0.25) is 4.98 Å². The molecule has 0 radical (unpaired) electrons. The molecule has 7 aromatic rings. The first kappa shape index (κ1) is 25.1. The van der Waals surface area contributed by atoms with Crippen LogP contribution in [0.15, 0.2) is 100 Å². The molecule has 0 bridgehead atoms. The van der Waals surface area contributed by atoms with Crippen LogP contribution in [-0.4, -0.2) is 24.9 Å². The Balaban J connectivity index is 1.05. The Kier molecular flexibility index (Phi) is 6.67. The second-order valence-electron chi connectivity index (χ2n) is 9.40. The van der Waals surface area contributed by atoms with Crippen LogP contribution in [0.1, 0.15) is 17.0 Å². The summed E-state index contributed by atoms with van der Waals surface area (Å²) in [7, 11) is 0. The minimum atomic E-state index is 0.695. The Hall–Kier alpha value is -4.93. The van der Waals surface area contributed by atoms with Gasteiger partial charge in [0.05, 0.1) is 5.69 Å². The summed E-state index contributed by atoms with van der Waals surface area (Å²) in [6.45, 7) is 1.97. The smallest absolute Gasteiger partial charge is 0.188 e. The van der Waals surface area contributed by atoms with E-state index in [2.05, 4.69) is 32.7 Å². The van der Waals surface area contributed by atoms with Gasteiger partial charge in [0.2, 0.25) is 0 Å². The normalized spacial score (nSPS) is 11.1. The van der Waals surface area contributed by atoms with Gasteiger partial charge in [-0.2, -0.15) is 0 Å². The Bertz CT molecular complexity index is 1960. The van der Waals surface area contributed by atoms with Gasteiger partial charge in [0.15, 0.2) is 16.0 Å². The maximum atomic E-state index is 6.13. The second-order valence-corrected chi connectivity index (χ2v) is 11.1. The summed E-state index contributed by atoms with van der Waals surface area (Å²) in [5.41, 5.74) is 6.63. The highest BCUT2D eigenvalue weighted by Crippen LogP contribution is 2.32. The number of benzene rings is 1. The van der Waals surface area contributed by atoms with Crippen LogP contribution in [0.25, 0.3) is 33.7 Å². The average molecular weight is 574 g/mol. The van der Waals surface area contributed by atoms with Crippen LogP contribution in [0.3, 0.4) is 0 Å². The van der Waals surface area contributed by atoms with Crippen molar-refractivity contribution in [2.75, 3.05) is 10.6 Å². The minimum absolute atomic E-state index is 0.695. The lowest BCUT2D eigenvalue weighted by Crippen LogP contribution is -1.97. The van der Waals surface area contributed by atoms with E-state index in [0.717, 1.165) is 72.5 Å². The zero-order chi connectivity index (χ0) is 27.6. The number of anilines is 4. The first-order valence-corrected chi connectivity index (χ1v) is 14.7. The standard InChI is InChI=1S/C31H23N7OS2/c1-19-4-2-6-28(33-19)37-31-36-25(18-41-31)27-16-22-14-20(8-9-26(22)39-27)15-23-5-3-7-29(34-23)38-30-35-24(17-40-30)21-10-12-32-13-11-21/h2-14,16-18H,15H2,1H3,(H,33,36,37)(H,34,35,38). The van der Waals surface area contributed by atoms with Crippen molar-refractivity contribution in [2.24, 2.45) is 0 Å². The van der Waals surface area contributed by atoms with Crippen molar-refractivity contribution >= 4 is 55.5 Å². The number of furan rings is 1. The Labute approximate surface area is 243 Å². The van der Waals surface area contributed by atoms with Crippen LogP contribution in [0.5, 0.6) is 0 Å². The lowest BCUT2D eigenvalue weighted by atomic mass is 10.1. The van der Waals surface area contributed by atoms with Crippen molar-refractivity contribution in [3.63, 3.8) is 0 Å². The zero-order valence-corrected chi connectivity index (χ0v) is 23.5. The van der Waals surface area contributed by atoms with E-state index in [1.165, 1.54) is 11.3 Å². The molecule has 0 aliphatic rings. The fourth-order valence-corrected chi connectivity index (χ4v) is 5.88. The summed E-state index contributed by atoms with van der Waals surface area (Å²) in [6, 6.07) is 24.0. The van der Waals surface area contributed by atoms with Gasteiger partial charge in [-0.25, -0.2) is 19.9 Å². The molecule has 0 spiro atoms. The summed E-state index contributed by atoms with van der Waals surface area (Å²) >= 11 is 3.07. The summed E-state index contributed by atoms with van der Waals surface area (Å²) in [4.78, 5) is 22.8. The number of aromatic nitrogens is 5. The number of thiazole rings is 2. The third-order valence-corrected chi connectivity index (χ3v) is 7.88. The molecule has 0 atom stereocenters. The number of fused-ring (bicyclic) bond motifs is 1. The number of pyridine rings is 3. The highest BCUT2D eigenvalue weighted by molar-refractivity contribution is 7.14. The molecule has 7 rings (SSSR count). The predicted molar refractivity (Wildman–Crippen MR) is 165 cm³/mol. The molecule has 0 unspecified atom stereocenters. The average Bonchev–Trinajstić information content (AvgIpc) is 3.74. The lowest BCUT2D eigenvalue weighted by molar-refractivity contribution is 0.629. The van der Waals surface area contributed by atoms with E-state index in [-0.39, 0.29) is 0 Å². The van der Waals surface area contributed by atoms with Crippen LogP contribution < -0.4 is 10.6 Å². The number of aryl methyl sites for hydroxylation is 1. The molecule has 2 N–H and O–H groups in total. The van der Waals surface area contributed by atoms with Crippen molar-refractivity contribution < 1.29 is 4.42 Å². The van der Waals surface area contributed by atoms with Crippen LogP contribution in [-0.2, 0) is 6.42 Å². The van der Waals surface area contributed by atoms with Crippen LogP contribution in [0.4, 0.5) is 21.9 Å². The fraction of sp³-hybridized carbons (Fsp3) is 0.0645. The minimum Gasteiger partial charge on any atom is -0.454 e. The van der Waals surface area contributed by atoms with Crippen LogP contribution in [0.2, 0.25) is 0 Å². The van der Waals surface area contributed by atoms with Crippen LogP contribution >= 0.6 is 22.7 Å². The zero-order valence-electron chi connectivity index (χ0n) is 21.9. The van der Waals surface area contributed by atoms with E-state index in [4.69, 9.17) is 19.4 Å². The van der Waals surface area contributed by atoms with Crippen molar-refractivity contribution in [3.05, 3.63) is 113 Å². The van der Waals surface area contributed by atoms with Gasteiger partial charge in [0.25, 0.3) is 0 Å². The molecule has 6 aromatic heterocycles. The molecule has 0 saturated heterocycles. The number of hydrogen-bond acceptors (Lipinski definition) is 10. The highest BCUT2D eigenvalue weighted by Gasteiger charge is 2.12. The number of rotatable bonds is 8. The Morgan fingerprint density at radius 1 is 0.732 bits per heavy atom. The summed E-state index contributed by atoms with van der Waals surface area (Å²) in [6.07, 6.45) is 4.24. The fourth-order valence-electron chi connectivity index (χ4n) is 4.45. The van der Waals surface area contributed by atoms with Crippen molar-refractivity contribution in [1.82, 2.24) is 24.9 Å². The first-order valence-electron chi connectivity index (χ1n) is 12.9. The largest absolute Gasteiger partial charge is 0.454 e. The van der Waals surface area contributed by atoms with E-state index in [0.29, 0.717) is 6.42 Å². The van der Waals surface area contributed by atoms with Crippen molar-refractivity contribution in [2.45, 2.75) is 13.3 Å². The predicted octanol–water partition coefficient (Wildman–Crippen LogP) is 8.25. The summed E-state index contributed by atoms with van der Waals surface area (Å²) in [5.74, 6) is 2.27. The third-order valence-electron chi connectivity index (χ3n) is 6.37. The van der Waals surface area contributed by atoms with Gasteiger partial charge < -0.3 is 15.1 Å². The SMILES string of the molecule is Cc1cccc(Nc2nc(-c3cc4cc(Cc5cccc(Nc6nc(-c7ccncc7)cs6)n5)ccc4o3)cs2)n1. The quantitative estimate of drug-likeness (QED) is 0.187. The van der Waals surface area contributed by atoms with E-state index in [9.17, 15) is 0 Å². The first-order chi connectivity index (χ1) is 20.1. The van der Waals surface area contributed by atoms with Crippen LogP contribution in [0, 0.1) is 6.92 Å². The number of nitrogens with zero attached hydrogens (tertiary/aromatic N) is 5. The second kappa shape index (κ2) is 10.9. The summed E-state index contributed by atoms with van der Waals surface area (Å²) in [5, 5.41) is 13.2. The molecule has 8 nitrogen and oxygen atoms in total. The molecule has 0 fully saturated rings. The molecular formula is C31H23N7OS2. The van der Waals surface area contributed by atoms with Gasteiger partial charge in [-0.15, -0.1) is 22.7 Å². The van der Waals surface area contributed by atoms with Gasteiger partial charge >= 0.3 is 0 Å². The molecule has 0 amide bonds. The van der Waals surface area contributed by atoms with E-state index < -0.39 is 0 Å². The molecule has 6 heterocycles. The van der Waals surface area contributed by atoms with Gasteiger partial charge in [0, 0.05) is 51.9 Å². The van der Waals surface area contributed by atoms with Crippen molar-refractivity contribution in [3.8, 4) is 22.7 Å². The third kappa shape index (κ3) is 5.69. The van der Waals surface area contributed by atoms with Gasteiger partial charge in [0.1, 0.15) is 22.9 Å². The lowest BCUT2D eigenvalue weighted by Gasteiger charge is -2.06. The molecule has 0 aliphatic heterocycles. The molecule has 1 aromatic carbocycles. The summed E-state index contributed by atoms with van der Waals surface area (Å²) < 4.78 is 6.13. The number of nitrogens with one attached hydrogen (secondary N) is 2. The maximum absolute atomic E-state index is 6.13. The topological polar surface area (TPSA) is 102 Å². The molecule has 200 valence electrons. The maximum Gasteiger partial charge on any atom is 0.188 e. The molecule has 0 saturated carbocycles. The Morgan fingerprint density at radius 2 is 1.46 bits per heavy atom. The highest BCUT2D eigenvalue weighted by atomic mass is 32.1. The van der Waals surface area contributed by atoms with E-state index in [1.54, 1.807) is 23.7 Å². The number of hydrogen-bond donors (Lipinski definition) is 2.